The van der Waals surface area contributed by atoms with Gasteiger partial charge in [0.2, 0.25) is 5.91 Å². The highest BCUT2D eigenvalue weighted by Gasteiger charge is 2.06. The van der Waals surface area contributed by atoms with Crippen molar-refractivity contribution in [2.24, 2.45) is 5.73 Å². The van der Waals surface area contributed by atoms with Gasteiger partial charge in [0.05, 0.1) is 0 Å². The molecule has 0 saturated carbocycles. The van der Waals surface area contributed by atoms with Crippen LogP contribution in [-0.2, 0) is 4.79 Å². The number of carbonyl (C=O) groups is 1. The zero-order valence-electron chi connectivity index (χ0n) is 7.70. The van der Waals surface area contributed by atoms with E-state index in [9.17, 15) is 4.79 Å². The van der Waals surface area contributed by atoms with Crippen LogP contribution in [0.15, 0.2) is 6.20 Å². The molecule has 0 aromatic carbocycles. The minimum absolute atomic E-state index is 0.0793. The van der Waals surface area contributed by atoms with Gasteiger partial charge in [0.15, 0.2) is 5.13 Å². The van der Waals surface area contributed by atoms with E-state index < -0.39 is 0 Å². The molecule has 0 aliphatic rings. The fourth-order valence-electron chi connectivity index (χ4n) is 0.875. The first-order valence-electron chi connectivity index (χ1n) is 4.06. The normalized spacial score (nSPS) is 12.5. The molecule has 0 aliphatic carbocycles. The Hall–Kier alpha value is -0.940. The van der Waals surface area contributed by atoms with Gasteiger partial charge in [-0.05, 0) is 13.8 Å². The predicted octanol–water partition coefficient (Wildman–Crippen LogP) is 1.13. The number of anilines is 1. The fraction of sp³-hybridized carbons (Fsp3) is 0.500. The molecule has 4 nitrogen and oxygen atoms in total. The number of aryl methyl sites for hydroxylation is 1. The standard InChI is InChI=1S/C8H13N3OS/c1-5(9)3-7(12)11-8-10-4-6(2)13-8/h4-5H,3,9H2,1-2H3,(H,10,11,12). The van der Waals surface area contributed by atoms with Crippen LogP contribution in [0.1, 0.15) is 18.2 Å². The van der Waals surface area contributed by atoms with Crippen molar-refractivity contribution < 1.29 is 4.79 Å². The van der Waals surface area contributed by atoms with E-state index in [1.54, 1.807) is 13.1 Å². The summed E-state index contributed by atoms with van der Waals surface area (Å²) in [4.78, 5) is 16.3. The minimum atomic E-state index is -0.110. The number of amides is 1. The third-order valence-electron chi connectivity index (χ3n) is 1.37. The zero-order valence-corrected chi connectivity index (χ0v) is 8.52. The Balaban J connectivity index is 2.45. The summed E-state index contributed by atoms with van der Waals surface area (Å²) in [6.07, 6.45) is 2.06. The van der Waals surface area contributed by atoms with E-state index in [-0.39, 0.29) is 11.9 Å². The van der Waals surface area contributed by atoms with Crippen LogP contribution in [0, 0.1) is 6.92 Å². The quantitative estimate of drug-likeness (QED) is 0.766. The molecule has 72 valence electrons. The lowest BCUT2D eigenvalue weighted by Crippen LogP contribution is -2.23. The van der Waals surface area contributed by atoms with Gasteiger partial charge < -0.3 is 11.1 Å². The molecule has 0 bridgehead atoms. The van der Waals surface area contributed by atoms with Gasteiger partial charge in [-0.2, -0.15) is 0 Å². The predicted molar refractivity (Wildman–Crippen MR) is 53.7 cm³/mol. The van der Waals surface area contributed by atoms with Gasteiger partial charge in [0, 0.05) is 23.5 Å². The van der Waals surface area contributed by atoms with E-state index in [2.05, 4.69) is 10.3 Å². The summed E-state index contributed by atoms with van der Waals surface area (Å²) in [7, 11) is 0. The van der Waals surface area contributed by atoms with Crippen LogP contribution in [-0.4, -0.2) is 16.9 Å². The molecule has 1 unspecified atom stereocenters. The van der Waals surface area contributed by atoms with Crippen molar-refractivity contribution in [2.75, 3.05) is 5.32 Å². The molecule has 1 amide bonds. The van der Waals surface area contributed by atoms with E-state index in [0.717, 1.165) is 4.88 Å². The maximum Gasteiger partial charge on any atom is 0.227 e. The van der Waals surface area contributed by atoms with Crippen molar-refractivity contribution in [3.8, 4) is 0 Å². The number of nitrogens with one attached hydrogen (secondary N) is 1. The van der Waals surface area contributed by atoms with Crippen molar-refractivity contribution in [3.63, 3.8) is 0 Å². The molecule has 3 N–H and O–H groups in total. The lowest BCUT2D eigenvalue weighted by atomic mass is 10.2. The number of rotatable bonds is 3. The molecule has 0 fully saturated rings. The largest absolute Gasteiger partial charge is 0.327 e. The van der Waals surface area contributed by atoms with Gasteiger partial charge in [-0.15, -0.1) is 11.3 Å². The van der Waals surface area contributed by atoms with E-state index in [1.807, 2.05) is 6.92 Å². The minimum Gasteiger partial charge on any atom is -0.327 e. The highest BCUT2D eigenvalue weighted by atomic mass is 32.1. The van der Waals surface area contributed by atoms with Gasteiger partial charge in [-0.1, -0.05) is 0 Å². The first-order valence-corrected chi connectivity index (χ1v) is 4.87. The number of nitrogens with two attached hydrogens (primary N) is 1. The van der Waals surface area contributed by atoms with Crippen LogP contribution >= 0.6 is 11.3 Å². The van der Waals surface area contributed by atoms with E-state index in [0.29, 0.717) is 11.6 Å². The molecular formula is C8H13N3OS. The van der Waals surface area contributed by atoms with E-state index >= 15 is 0 Å². The maximum absolute atomic E-state index is 11.2. The first-order chi connectivity index (χ1) is 6.08. The Kier molecular flexibility index (Phi) is 3.39. The molecule has 1 aromatic heterocycles. The van der Waals surface area contributed by atoms with E-state index in [4.69, 9.17) is 5.73 Å². The third kappa shape index (κ3) is 3.52. The van der Waals surface area contributed by atoms with Gasteiger partial charge in [-0.25, -0.2) is 4.98 Å². The smallest absolute Gasteiger partial charge is 0.227 e. The summed E-state index contributed by atoms with van der Waals surface area (Å²) < 4.78 is 0. The molecule has 13 heavy (non-hydrogen) atoms. The molecule has 1 heterocycles. The lowest BCUT2D eigenvalue weighted by molar-refractivity contribution is -0.116. The lowest BCUT2D eigenvalue weighted by Gasteiger charge is -2.03. The Morgan fingerprint density at radius 1 is 1.85 bits per heavy atom. The number of nitrogens with zero attached hydrogens (tertiary/aromatic N) is 1. The van der Waals surface area contributed by atoms with Crippen LogP contribution < -0.4 is 11.1 Å². The van der Waals surface area contributed by atoms with Crippen LogP contribution in [0.4, 0.5) is 5.13 Å². The second-order valence-electron chi connectivity index (χ2n) is 3.01. The summed E-state index contributed by atoms with van der Waals surface area (Å²) in [5.41, 5.74) is 5.47. The summed E-state index contributed by atoms with van der Waals surface area (Å²) in [5, 5.41) is 3.32. The number of hydrogen-bond acceptors (Lipinski definition) is 4. The molecular weight excluding hydrogens is 186 g/mol. The van der Waals surface area contributed by atoms with Crippen molar-refractivity contribution in [1.82, 2.24) is 4.98 Å². The molecule has 0 aliphatic heterocycles. The summed E-state index contributed by atoms with van der Waals surface area (Å²) in [6, 6.07) is -0.110. The average Bonchev–Trinajstić information content (AvgIpc) is 2.33. The highest BCUT2D eigenvalue weighted by molar-refractivity contribution is 7.15. The zero-order chi connectivity index (χ0) is 9.84. The molecule has 0 saturated heterocycles. The summed E-state index contributed by atoms with van der Waals surface area (Å²) in [5.74, 6) is -0.0793. The summed E-state index contributed by atoms with van der Waals surface area (Å²) in [6.45, 7) is 3.74. The number of aromatic nitrogens is 1. The molecule has 1 aromatic rings. The van der Waals surface area contributed by atoms with Gasteiger partial charge in [-0.3, -0.25) is 4.79 Å². The van der Waals surface area contributed by atoms with Crippen LogP contribution in [0.3, 0.4) is 0 Å². The average molecular weight is 199 g/mol. The van der Waals surface area contributed by atoms with E-state index in [1.165, 1.54) is 11.3 Å². The molecule has 5 heteroatoms. The Morgan fingerprint density at radius 3 is 3.00 bits per heavy atom. The third-order valence-corrected chi connectivity index (χ3v) is 2.20. The van der Waals surface area contributed by atoms with Crippen molar-refractivity contribution in [1.29, 1.82) is 0 Å². The van der Waals surface area contributed by atoms with Crippen molar-refractivity contribution >= 4 is 22.4 Å². The SMILES string of the molecule is Cc1cnc(NC(=O)CC(C)N)s1. The Labute approximate surface area is 81.2 Å². The van der Waals surface area contributed by atoms with Crippen LogP contribution in [0.2, 0.25) is 0 Å². The topological polar surface area (TPSA) is 68.0 Å². The van der Waals surface area contributed by atoms with Gasteiger partial charge in [0.25, 0.3) is 0 Å². The Bertz CT molecular complexity index is 295. The highest BCUT2D eigenvalue weighted by Crippen LogP contribution is 2.16. The summed E-state index contributed by atoms with van der Waals surface area (Å²) >= 11 is 1.46. The number of carbonyl (C=O) groups excluding carboxylic acids is 1. The van der Waals surface area contributed by atoms with Gasteiger partial charge in [0.1, 0.15) is 0 Å². The molecule has 1 atom stereocenters. The Morgan fingerprint density at radius 2 is 2.54 bits per heavy atom. The molecule has 1 rings (SSSR count). The van der Waals surface area contributed by atoms with Gasteiger partial charge >= 0.3 is 0 Å². The maximum atomic E-state index is 11.2. The van der Waals surface area contributed by atoms with Crippen molar-refractivity contribution in [3.05, 3.63) is 11.1 Å². The second-order valence-corrected chi connectivity index (χ2v) is 4.24. The molecule has 0 spiro atoms. The van der Waals surface area contributed by atoms with Crippen molar-refractivity contribution in [2.45, 2.75) is 26.3 Å². The monoisotopic (exact) mass is 199 g/mol. The first kappa shape index (κ1) is 10.1. The van der Waals surface area contributed by atoms with Crippen LogP contribution in [0.5, 0.6) is 0 Å². The number of hydrogen-bond donors (Lipinski definition) is 2. The second kappa shape index (κ2) is 4.34. The molecule has 0 radical (unpaired) electrons. The number of thiazole rings is 1. The fourth-order valence-corrected chi connectivity index (χ4v) is 1.56. The van der Waals surface area contributed by atoms with Crippen LogP contribution in [0.25, 0.3) is 0 Å².